The molecule has 1 unspecified atom stereocenters. The Morgan fingerprint density at radius 1 is 1.11 bits per heavy atom. The van der Waals surface area contributed by atoms with E-state index in [9.17, 15) is 4.79 Å². The fourth-order valence-electron chi connectivity index (χ4n) is 2.34. The standard InChI is InChI=1S/C15H14N2O/c18-15(12-6-2-1-3-7-12)13-10-16-14-8-4-5-9-17(14)11-13/h1-9,13H,10-11H2/p+1. The van der Waals surface area contributed by atoms with Gasteiger partial charge in [0.05, 0.1) is 18.7 Å². The molecule has 1 N–H and O–H groups in total. The van der Waals surface area contributed by atoms with E-state index < -0.39 is 0 Å². The summed E-state index contributed by atoms with van der Waals surface area (Å²) in [5.74, 6) is 1.30. The summed E-state index contributed by atoms with van der Waals surface area (Å²) in [6.45, 7) is 1.45. The second kappa shape index (κ2) is 4.61. The van der Waals surface area contributed by atoms with Gasteiger partial charge in [-0.25, -0.2) is 4.57 Å². The fourth-order valence-corrected chi connectivity index (χ4v) is 2.34. The largest absolute Gasteiger partial charge is 0.294 e. The number of fused-ring (bicyclic) bond motifs is 1. The summed E-state index contributed by atoms with van der Waals surface area (Å²) in [4.78, 5) is 12.4. The van der Waals surface area contributed by atoms with E-state index in [4.69, 9.17) is 0 Å². The van der Waals surface area contributed by atoms with Crippen LogP contribution < -0.4 is 9.88 Å². The lowest BCUT2D eigenvalue weighted by atomic mass is 9.96. The van der Waals surface area contributed by atoms with Gasteiger partial charge in [-0.05, 0) is 6.07 Å². The molecule has 0 bridgehead atoms. The second-order valence-corrected chi connectivity index (χ2v) is 4.55. The van der Waals surface area contributed by atoms with E-state index in [1.165, 1.54) is 0 Å². The molecule has 0 saturated heterocycles. The van der Waals surface area contributed by atoms with Crippen molar-refractivity contribution < 1.29 is 9.36 Å². The van der Waals surface area contributed by atoms with Gasteiger partial charge in [0.2, 0.25) is 0 Å². The van der Waals surface area contributed by atoms with Crippen LogP contribution in [0.2, 0.25) is 0 Å². The number of hydrogen-bond donors (Lipinski definition) is 1. The van der Waals surface area contributed by atoms with E-state index in [1.54, 1.807) is 0 Å². The lowest BCUT2D eigenvalue weighted by Gasteiger charge is -2.20. The number of carbonyl (C=O) groups is 1. The van der Waals surface area contributed by atoms with Gasteiger partial charge in [0, 0.05) is 11.6 Å². The number of carbonyl (C=O) groups excluding carboxylic acids is 1. The number of Topliss-reactive ketones (excluding diaryl/α,β-unsaturated/α-hetero) is 1. The molecule has 3 rings (SSSR count). The minimum atomic E-state index is 0.00676. The molecule has 2 aromatic rings. The molecule has 1 aromatic carbocycles. The number of anilines is 1. The van der Waals surface area contributed by atoms with Crippen molar-refractivity contribution in [1.29, 1.82) is 0 Å². The first kappa shape index (κ1) is 11.0. The highest BCUT2D eigenvalue weighted by Crippen LogP contribution is 2.14. The average molecular weight is 239 g/mol. The number of hydrogen-bond acceptors (Lipinski definition) is 2. The molecule has 1 aliphatic rings. The monoisotopic (exact) mass is 239 g/mol. The number of pyridine rings is 1. The molecule has 1 aromatic heterocycles. The van der Waals surface area contributed by atoms with Crippen molar-refractivity contribution in [2.45, 2.75) is 6.54 Å². The van der Waals surface area contributed by atoms with Gasteiger partial charge in [0.15, 0.2) is 5.78 Å². The van der Waals surface area contributed by atoms with Crippen molar-refractivity contribution >= 4 is 11.6 Å². The molecule has 3 heteroatoms. The summed E-state index contributed by atoms with van der Waals surface area (Å²) < 4.78 is 2.09. The van der Waals surface area contributed by atoms with Crippen LogP contribution in [0.15, 0.2) is 54.7 Å². The van der Waals surface area contributed by atoms with Gasteiger partial charge in [-0.15, -0.1) is 0 Å². The van der Waals surface area contributed by atoms with Crippen LogP contribution in [0.5, 0.6) is 0 Å². The quantitative estimate of drug-likeness (QED) is 0.641. The Balaban J connectivity index is 1.82. The minimum absolute atomic E-state index is 0.00676. The van der Waals surface area contributed by atoms with Crippen molar-refractivity contribution in [1.82, 2.24) is 0 Å². The molecule has 1 aliphatic heterocycles. The van der Waals surface area contributed by atoms with Crippen LogP contribution in [0.4, 0.5) is 5.82 Å². The predicted molar refractivity (Wildman–Crippen MR) is 69.4 cm³/mol. The molecule has 3 nitrogen and oxygen atoms in total. The highest BCUT2D eigenvalue weighted by atomic mass is 16.1. The van der Waals surface area contributed by atoms with E-state index in [0.717, 1.165) is 17.9 Å². The molecule has 1 atom stereocenters. The summed E-state index contributed by atoms with van der Waals surface area (Å²) in [5, 5.41) is 3.31. The molecule has 0 radical (unpaired) electrons. The van der Waals surface area contributed by atoms with Gasteiger partial charge in [-0.1, -0.05) is 36.4 Å². The predicted octanol–water partition coefficient (Wildman–Crippen LogP) is 1.90. The third kappa shape index (κ3) is 1.99. The Morgan fingerprint density at radius 2 is 1.89 bits per heavy atom. The third-order valence-corrected chi connectivity index (χ3v) is 3.32. The SMILES string of the molecule is O=C(c1ccccc1)C1CNc2cccc[n+]2C1. The van der Waals surface area contributed by atoms with Crippen LogP contribution in [-0.2, 0) is 6.54 Å². The van der Waals surface area contributed by atoms with Crippen molar-refractivity contribution in [3.8, 4) is 0 Å². The molecule has 0 saturated carbocycles. The normalized spacial score (nSPS) is 17.7. The average Bonchev–Trinajstić information content (AvgIpc) is 2.47. The van der Waals surface area contributed by atoms with Crippen LogP contribution in [-0.4, -0.2) is 12.3 Å². The number of nitrogens with one attached hydrogen (secondary N) is 1. The first-order valence-corrected chi connectivity index (χ1v) is 6.16. The lowest BCUT2D eigenvalue weighted by Crippen LogP contribution is -2.49. The zero-order valence-corrected chi connectivity index (χ0v) is 10.0. The highest BCUT2D eigenvalue weighted by Gasteiger charge is 2.29. The maximum absolute atomic E-state index is 12.4. The topological polar surface area (TPSA) is 33.0 Å². The summed E-state index contributed by atoms with van der Waals surface area (Å²) >= 11 is 0. The zero-order valence-electron chi connectivity index (χ0n) is 10.0. The smallest absolute Gasteiger partial charge is 0.274 e. The summed E-state index contributed by atoms with van der Waals surface area (Å²) in [6, 6.07) is 15.5. The van der Waals surface area contributed by atoms with Gasteiger partial charge < -0.3 is 0 Å². The number of benzene rings is 1. The van der Waals surface area contributed by atoms with E-state index in [0.29, 0.717) is 6.54 Å². The number of aromatic nitrogens is 1. The van der Waals surface area contributed by atoms with Crippen molar-refractivity contribution in [2.24, 2.45) is 5.92 Å². The Bertz CT molecular complexity index is 566. The summed E-state index contributed by atoms with van der Waals surface area (Å²) in [7, 11) is 0. The van der Waals surface area contributed by atoms with Gasteiger partial charge in [-0.2, -0.15) is 0 Å². The maximum atomic E-state index is 12.4. The Kier molecular flexibility index (Phi) is 2.81. The Morgan fingerprint density at radius 3 is 2.72 bits per heavy atom. The van der Waals surface area contributed by atoms with Crippen LogP contribution in [0, 0.1) is 5.92 Å². The van der Waals surface area contributed by atoms with Crippen LogP contribution in [0.1, 0.15) is 10.4 Å². The second-order valence-electron chi connectivity index (χ2n) is 4.55. The van der Waals surface area contributed by atoms with Crippen molar-refractivity contribution in [3.63, 3.8) is 0 Å². The molecular weight excluding hydrogens is 224 g/mol. The van der Waals surface area contributed by atoms with Crippen molar-refractivity contribution in [2.75, 3.05) is 11.9 Å². The Labute approximate surface area is 106 Å². The van der Waals surface area contributed by atoms with Crippen molar-refractivity contribution in [3.05, 3.63) is 60.3 Å². The highest BCUT2D eigenvalue weighted by molar-refractivity contribution is 5.98. The van der Waals surface area contributed by atoms with Crippen LogP contribution >= 0.6 is 0 Å². The molecule has 2 heterocycles. The zero-order chi connectivity index (χ0) is 12.4. The first-order valence-electron chi connectivity index (χ1n) is 6.16. The van der Waals surface area contributed by atoms with E-state index in [2.05, 4.69) is 9.88 Å². The lowest BCUT2D eigenvalue weighted by molar-refractivity contribution is -0.690. The number of nitrogens with zero attached hydrogens (tertiary/aromatic N) is 1. The fraction of sp³-hybridized carbons (Fsp3) is 0.200. The molecule has 90 valence electrons. The van der Waals surface area contributed by atoms with E-state index >= 15 is 0 Å². The third-order valence-electron chi connectivity index (χ3n) is 3.32. The van der Waals surface area contributed by atoms with Gasteiger partial charge in [0.1, 0.15) is 6.54 Å². The molecule has 0 fully saturated rings. The summed E-state index contributed by atoms with van der Waals surface area (Å²) in [6.07, 6.45) is 2.01. The van der Waals surface area contributed by atoms with E-state index in [-0.39, 0.29) is 11.7 Å². The molecule has 0 amide bonds. The van der Waals surface area contributed by atoms with Crippen LogP contribution in [0.3, 0.4) is 0 Å². The first-order chi connectivity index (χ1) is 8.84. The minimum Gasteiger partial charge on any atom is -0.294 e. The molecule has 0 aliphatic carbocycles. The summed E-state index contributed by atoms with van der Waals surface area (Å²) in [5.41, 5.74) is 0.796. The van der Waals surface area contributed by atoms with Gasteiger partial charge in [0.25, 0.3) is 5.82 Å². The molecule has 18 heavy (non-hydrogen) atoms. The van der Waals surface area contributed by atoms with Gasteiger partial charge >= 0.3 is 0 Å². The van der Waals surface area contributed by atoms with Gasteiger partial charge in [-0.3, -0.25) is 10.1 Å². The number of ketones is 1. The van der Waals surface area contributed by atoms with Crippen LogP contribution in [0.25, 0.3) is 0 Å². The maximum Gasteiger partial charge on any atom is 0.274 e. The number of rotatable bonds is 2. The molecular formula is C15H15N2O+. The Hall–Kier alpha value is -2.16. The van der Waals surface area contributed by atoms with E-state index in [1.807, 2.05) is 54.7 Å². The molecule has 0 spiro atoms.